The van der Waals surface area contributed by atoms with Crippen LogP contribution < -0.4 is 5.73 Å². The fourth-order valence-electron chi connectivity index (χ4n) is 2.69. The summed E-state index contributed by atoms with van der Waals surface area (Å²) in [6.45, 7) is 1.52. The molecule has 1 aromatic carbocycles. The van der Waals surface area contributed by atoms with Crippen LogP contribution in [0.3, 0.4) is 0 Å². The van der Waals surface area contributed by atoms with Gasteiger partial charge in [0.15, 0.2) is 0 Å². The number of hydrogen-bond donors (Lipinski definition) is 2. The molecule has 86 valence electrons. The fraction of sp³-hybridized carbons (Fsp3) is 0.538. The zero-order valence-electron chi connectivity index (χ0n) is 9.28. The van der Waals surface area contributed by atoms with Crippen molar-refractivity contribution in [3.05, 3.63) is 34.9 Å². The lowest BCUT2D eigenvalue weighted by Crippen LogP contribution is -2.51. The molecule has 16 heavy (non-hydrogen) atoms. The summed E-state index contributed by atoms with van der Waals surface area (Å²) in [5.41, 5.74) is 9.76. The molecule has 3 heteroatoms. The van der Waals surface area contributed by atoms with Gasteiger partial charge in [0.1, 0.15) is 0 Å². The van der Waals surface area contributed by atoms with Crippen molar-refractivity contribution in [1.29, 1.82) is 0 Å². The maximum absolute atomic E-state index is 9.38. The summed E-state index contributed by atoms with van der Waals surface area (Å²) in [7, 11) is 0. The Morgan fingerprint density at radius 3 is 2.88 bits per heavy atom. The Kier molecular flexibility index (Phi) is 2.28. The molecule has 0 saturated heterocycles. The van der Waals surface area contributed by atoms with Crippen molar-refractivity contribution >= 4 is 0 Å². The van der Waals surface area contributed by atoms with Crippen molar-refractivity contribution < 1.29 is 9.84 Å². The molecule has 0 unspecified atom stereocenters. The van der Waals surface area contributed by atoms with Crippen molar-refractivity contribution in [3.63, 3.8) is 0 Å². The second-order valence-electron chi connectivity index (χ2n) is 5.00. The van der Waals surface area contributed by atoms with Gasteiger partial charge in [0, 0.05) is 5.54 Å². The molecule has 1 aliphatic heterocycles. The average Bonchev–Trinajstić information content (AvgIpc) is 2.26. The summed E-state index contributed by atoms with van der Waals surface area (Å²) in [4.78, 5) is 0. The monoisotopic (exact) mass is 219 g/mol. The van der Waals surface area contributed by atoms with Crippen LogP contribution >= 0.6 is 0 Å². The highest BCUT2D eigenvalue weighted by molar-refractivity contribution is 5.37. The lowest BCUT2D eigenvalue weighted by atomic mass is 9.70. The maximum atomic E-state index is 9.38. The highest BCUT2D eigenvalue weighted by Gasteiger charge is 2.41. The van der Waals surface area contributed by atoms with Gasteiger partial charge < -0.3 is 15.6 Å². The number of aliphatic hydroxyl groups is 1. The first kappa shape index (κ1) is 10.3. The second kappa shape index (κ2) is 3.55. The minimum Gasteiger partial charge on any atom is -0.393 e. The molecule has 1 saturated carbocycles. The zero-order chi connectivity index (χ0) is 11.2. The molecular weight excluding hydrogens is 202 g/mol. The molecule has 3 N–H and O–H groups in total. The number of ether oxygens (including phenoxy) is 1. The summed E-state index contributed by atoms with van der Waals surface area (Å²) in [5, 5.41) is 9.38. The van der Waals surface area contributed by atoms with Gasteiger partial charge in [-0.05, 0) is 36.0 Å². The number of rotatable bonds is 1. The van der Waals surface area contributed by atoms with E-state index in [1.165, 1.54) is 16.7 Å². The third kappa shape index (κ3) is 1.56. The smallest absolute Gasteiger partial charge is 0.0719 e. The lowest BCUT2D eigenvalue weighted by molar-refractivity contribution is 0.0208. The van der Waals surface area contributed by atoms with E-state index in [1.54, 1.807) is 0 Å². The molecule has 3 nitrogen and oxygen atoms in total. The largest absolute Gasteiger partial charge is 0.393 e. The normalized spacial score (nSPS) is 33.0. The molecule has 1 fully saturated rings. The summed E-state index contributed by atoms with van der Waals surface area (Å²) >= 11 is 0. The third-order valence-electron chi connectivity index (χ3n) is 3.75. The van der Waals surface area contributed by atoms with E-state index in [4.69, 9.17) is 10.5 Å². The third-order valence-corrected chi connectivity index (χ3v) is 3.75. The van der Waals surface area contributed by atoms with E-state index in [2.05, 4.69) is 18.2 Å². The molecule has 2 aliphatic rings. The van der Waals surface area contributed by atoms with Gasteiger partial charge in [-0.15, -0.1) is 0 Å². The minimum absolute atomic E-state index is 0.218. The van der Waals surface area contributed by atoms with Crippen molar-refractivity contribution in [2.75, 3.05) is 6.61 Å². The number of hydrogen-bond acceptors (Lipinski definition) is 3. The topological polar surface area (TPSA) is 55.5 Å². The average molecular weight is 219 g/mol. The van der Waals surface area contributed by atoms with Crippen LogP contribution in [-0.2, 0) is 23.3 Å². The van der Waals surface area contributed by atoms with Crippen molar-refractivity contribution in [2.45, 2.75) is 37.5 Å². The van der Waals surface area contributed by atoms with Gasteiger partial charge in [-0.25, -0.2) is 0 Å². The summed E-state index contributed by atoms with van der Waals surface area (Å²) < 4.78 is 5.41. The Balaban J connectivity index is 1.91. The van der Waals surface area contributed by atoms with Crippen molar-refractivity contribution in [3.8, 4) is 0 Å². The Hall–Kier alpha value is -0.900. The summed E-state index contributed by atoms with van der Waals surface area (Å²) in [6, 6.07) is 6.40. The summed E-state index contributed by atoms with van der Waals surface area (Å²) in [6.07, 6.45) is 2.12. The molecular formula is C13H17NO2. The standard InChI is InChI=1S/C13H17NO2/c14-13(6-12(15)7-13)11-2-1-10-8-16-4-3-9(10)5-11/h1-2,5,12,15H,3-4,6-8,14H2. The molecule has 3 rings (SSSR count). The van der Waals surface area contributed by atoms with Gasteiger partial charge in [-0.3, -0.25) is 0 Å². The van der Waals surface area contributed by atoms with Crippen LogP contribution in [0.1, 0.15) is 29.5 Å². The van der Waals surface area contributed by atoms with E-state index in [-0.39, 0.29) is 11.6 Å². The molecule has 0 radical (unpaired) electrons. The molecule has 0 aromatic heterocycles. The minimum atomic E-state index is -0.299. The van der Waals surface area contributed by atoms with E-state index in [0.29, 0.717) is 12.8 Å². The second-order valence-corrected chi connectivity index (χ2v) is 5.00. The molecule has 0 amide bonds. The van der Waals surface area contributed by atoms with Crippen LogP contribution in [0.15, 0.2) is 18.2 Å². The van der Waals surface area contributed by atoms with Crippen molar-refractivity contribution in [2.24, 2.45) is 5.73 Å². The van der Waals surface area contributed by atoms with Gasteiger partial charge in [-0.1, -0.05) is 18.2 Å². The number of aliphatic hydroxyl groups excluding tert-OH is 1. The van der Waals surface area contributed by atoms with Gasteiger partial charge in [0.25, 0.3) is 0 Å². The molecule has 0 atom stereocenters. The zero-order valence-corrected chi connectivity index (χ0v) is 9.28. The Labute approximate surface area is 95.2 Å². The molecule has 0 spiro atoms. The molecule has 1 aromatic rings. The first-order valence-corrected chi connectivity index (χ1v) is 5.84. The predicted molar refractivity (Wildman–Crippen MR) is 60.9 cm³/mol. The summed E-state index contributed by atoms with van der Waals surface area (Å²) in [5.74, 6) is 0. The van der Waals surface area contributed by atoms with Crippen LogP contribution in [0, 0.1) is 0 Å². The SMILES string of the molecule is NC1(c2ccc3c(c2)CCOC3)CC(O)C1. The van der Waals surface area contributed by atoms with Crippen molar-refractivity contribution in [1.82, 2.24) is 0 Å². The predicted octanol–water partition coefficient (Wildman–Crippen LogP) is 1.07. The van der Waals surface area contributed by atoms with E-state index in [9.17, 15) is 5.11 Å². The van der Waals surface area contributed by atoms with Crippen LogP contribution in [-0.4, -0.2) is 17.8 Å². The molecule has 1 heterocycles. The van der Waals surface area contributed by atoms with Crippen LogP contribution in [0.25, 0.3) is 0 Å². The van der Waals surface area contributed by atoms with Gasteiger partial charge in [-0.2, -0.15) is 0 Å². The van der Waals surface area contributed by atoms with Crippen LogP contribution in [0.2, 0.25) is 0 Å². The first-order valence-electron chi connectivity index (χ1n) is 5.84. The Morgan fingerprint density at radius 2 is 2.12 bits per heavy atom. The van der Waals surface area contributed by atoms with Gasteiger partial charge in [0.05, 0.1) is 19.3 Å². The maximum Gasteiger partial charge on any atom is 0.0719 e. The fourth-order valence-corrected chi connectivity index (χ4v) is 2.69. The Bertz CT molecular complexity index is 410. The van der Waals surface area contributed by atoms with E-state index in [0.717, 1.165) is 19.6 Å². The van der Waals surface area contributed by atoms with Gasteiger partial charge >= 0.3 is 0 Å². The first-order chi connectivity index (χ1) is 7.67. The van der Waals surface area contributed by atoms with E-state index >= 15 is 0 Å². The van der Waals surface area contributed by atoms with E-state index in [1.807, 2.05) is 0 Å². The van der Waals surface area contributed by atoms with Gasteiger partial charge in [0.2, 0.25) is 0 Å². The van der Waals surface area contributed by atoms with Crippen LogP contribution in [0.5, 0.6) is 0 Å². The number of benzene rings is 1. The quantitative estimate of drug-likeness (QED) is 0.742. The highest BCUT2D eigenvalue weighted by Crippen LogP contribution is 2.39. The van der Waals surface area contributed by atoms with Crippen LogP contribution in [0.4, 0.5) is 0 Å². The number of fused-ring (bicyclic) bond motifs is 1. The van der Waals surface area contributed by atoms with E-state index < -0.39 is 0 Å². The Morgan fingerprint density at radius 1 is 1.31 bits per heavy atom. The highest BCUT2D eigenvalue weighted by atomic mass is 16.5. The number of nitrogens with two attached hydrogens (primary N) is 1. The molecule has 1 aliphatic carbocycles. The molecule has 0 bridgehead atoms. The lowest BCUT2D eigenvalue weighted by Gasteiger charge is -2.43.